The molecule has 2 aromatic rings. The van der Waals surface area contributed by atoms with E-state index in [1.165, 1.54) is 5.56 Å². The molecule has 0 radical (unpaired) electrons. The third-order valence-corrected chi connectivity index (χ3v) is 3.57. The molecule has 4 heteroatoms. The molecule has 1 aromatic heterocycles. The number of hydrogen-bond donors (Lipinski definition) is 1. The molecular weight excluding hydrogens is 252 g/mol. The van der Waals surface area contributed by atoms with E-state index in [9.17, 15) is 9.90 Å². The molecule has 0 amide bonds. The van der Waals surface area contributed by atoms with Gasteiger partial charge in [0.15, 0.2) is 0 Å². The van der Waals surface area contributed by atoms with E-state index in [4.69, 9.17) is 0 Å². The van der Waals surface area contributed by atoms with Crippen molar-refractivity contribution >= 4 is 0 Å². The van der Waals surface area contributed by atoms with Crippen molar-refractivity contribution in [2.45, 2.75) is 45.9 Å². The zero-order valence-electron chi connectivity index (χ0n) is 12.3. The number of rotatable bonds is 5. The highest BCUT2D eigenvalue weighted by Crippen LogP contribution is 2.15. The molecule has 0 saturated heterocycles. The number of imidazole rings is 1. The molecule has 1 heterocycles. The highest BCUT2D eigenvalue weighted by atomic mass is 16.3. The minimum absolute atomic E-state index is 0.0794. The molecule has 0 saturated carbocycles. The molecule has 0 spiro atoms. The first-order valence-electron chi connectivity index (χ1n) is 7.07. The Balaban J connectivity index is 2.14. The molecule has 4 nitrogen and oxygen atoms in total. The van der Waals surface area contributed by atoms with Crippen LogP contribution in [0.4, 0.5) is 0 Å². The monoisotopic (exact) mass is 274 g/mol. The molecular formula is C16H22N2O2. The van der Waals surface area contributed by atoms with Crippen LogP contribution in [-0.4, -0.2) is 14.2 Å². The van der Waals surface area contributed by atoms with Gasteiger partial charge in [0.2, 0.25) is 0 Å². The van der Waals surface area contributed by atoms with Crippen LogP contribution in [0.25, 0.3) is 0 Å². The lowest BCUT2D eigenvalue weighted by atomic mass is 10.1. The maximum absolute atomic E-state index is 12.1. The predicted molar refractivity (Wildman–Crippen MR) is 79.9 cm³/mol. The van der Waals surface area contributed by atoms with Gasteiger partial charge in [-0.2, -0.15) is 0 Å². The topological polar surface area (TPSA) is 47.2 Å². The summed E-state index contributed by atoms with van der Waals surface area (Å²) in [6.45, 7) is 6.31. The molecule has 1 N–H and O–H groups in total. The summed E-state index contributed by atoms with van der Waals surface area (Å²) in [7, 11) is 0. The van der Waals surface area contributed by atoms with Crippen molar-refractivity contribution in [2.24, 2.45) is 0 Å². The standard InChI is InChI=1S/C16H22N2O2/c1-4-13-5-7-14(8-6-13)15(19)11-17-9-10-18(12(2)3)16(17)20/h5-10,12,15,19H,4,11H2,1-3H3. The van der Waals surface area contributed by atoms with Gasteiger partial charge in [0.05, 0.1) is 12.6 Å². The third-order valence-electron chi connectivity index (χ3n) is 3.57. The van der Waals surface area contributed by atoms with E-state index in [1.54, 1.807) is 21.5 Å². The molecule has 108 valence electrons. The zero-order chi connectivity index (χ0) is 14.7. The second-order valence-corrected chi connectivity index (χ2v) is 5.35. The summed E-state index contributed by atoms with van der Waals surface area (Å²) < 4.78 is 3.21. The van der Waals surface area contributed by atoms with Crippen LogP contribution in [0.5, 0.6) is 0 Å². The number of nitrogens with zero attached hydrogens (tertiary/aromatic N) is 2. The Morgan fingerprint density at radius 3 is 2.30 bits per heavy atom. The quantitative estimate of drug-likeness (QED) is 0.910. The minimum atomic E-state index is -0.665. The molecule has 20 heavy (non-hydrogen) atoms. The summed E-state index contributed by atoms with van der Waals surface area (Å²) in [6.07, 6.45) is 3.81. The van der Waals surface area contributed by atoms with Crippen LogP contribution in [0.3, 0.4) is 0 Å². The average Bonchev–Trinajstić information content (AvgIpc) is 2.80. The van der Waals surface area contributed by atoms with Crippen molar-refractivity contribution in [1.82, 2.24) is 9.13 Å². The Labute approximate surface area is 119 Å². The Morgan fingerprint density at radius 1 is 1.15 bits per heavy atom. The normalized spacial score (nSPS) is 12.8. The SMILES string of the molecule is CCc1ccc(C(O)Cn2ccn(C(C)C)c2=O)cc1. The van der Waals surface area contributed by atoms with Crippen LogP contribution < -0.4 is 5.69 Å². The Kier molecular flexibility index (Phi) is 4.45. The van der Waals surface area contributed by atoms with Gasteiger partial charge >= 0.3 is 5.69 Å². The fraction of sp³-hybridized carbons (Fsp3) is 0.438. The van der Waals surface area contributed by atoms with E-state index in [0.29, 0.717) is 0 Å². The van der Waals surface area contributed by atoms with Crippen molar-refractivity contribution in [3.8, 4) is 0 Å². The van der Waals surface area contributed by atoms with Crippen molar-refractivity contribution in [3.05, 3.63) is 58.3 Å². The molecule has 1 unspecified atom stereocenters. The van der Waals surface area contributed by atoms with Crippen molar-refractivity contribution in [2.75, 3.05) is 0 Å². The van der Waals surface area contributed by atoms with E-state index in [2.05, 4.69) is 6.92 Å². The molecule has 0 aliphatic heterocycles. The molecule has 0 aliphatic carbocycles. The molecule has 0 aliphatic rings. The van der Waals surface area contributed by atoms with E-state index in [1.807, 2.05) is 38.1 Å². The van der Waals surface area contributed by atoms with Crippen LogP contribution in [0.2, 0.25) is 0 Å². The van der Waals surface area contributed by atoms with Crippen molar-refractivity contribution in [3.63, 3.8) is 0 Å². The molecule has 1 aromatic carbocycles. The first-order valence-corrected chi connectivity index (χ1v) is 7.07. The van der Waals surface area contributed by atoms with Crippen LogP contribution in [0.15, 0.2) is 41.5 Å². The fourth-order valence-corrected chi connectivity index (χ4v) is 2.23. The van der Waals surface area contributed by atoms with E-state index in [0.717, 1.165) is 12.0 Å². The van der Waals surface area contributed by atoms with E-state index < -0.39 is 6.10 Å². The third kappa shape index (κ3) is 3.02. The van der Waals surface area contributed by atoms with Crippen molar-refractivity contribution in [1.29, 1.82) is 0 Å². The maximum atomic E-state index is 12.1. The first-order chi connectivity index (χ1) is 9.52. The number of hydrogen-bond acceptors (Lipinski definition) is 2. The number of aryl methyl sites for hydroxylation is 1. The van der Waals surface area contributed by atoms with Gasteiger partial charge in [0.25, 0.3) is 0 Å². The van der Waals surface area contributed by atoms with Gasteiger partial charge in [-0.1, -0.05) is 31.2 Å². The lowest BCUT2D eigenvalue weighted by molar-refractivity contribution is 0.154. The van der Waals surface area contributed by atoms with Gasteiger partial charge in [-0.15, -0.1) is 0 Å². The van der Waals surface area contributed by atoms with Gasteiger partial charge in [-0.05, 0) is 31.4 Å². The predicted octanol–water partition coefficient (Wildman–Crippen LogP) is 2.53. The average molecular weight is 274 g/mol. The molecule has 0 fully saturated rings. The number of aromatic nitrogens is 2. The van der Waals surface area contributed by atoms with Gasteiger partial charge in [-0.25, -0.2) is 4.79 Å². The van der Waals surface area contributed by atoms with Crippen LogP contribution in [0, 0.1) is 0 Å². The molecule has 1 atom stereocenters. The Hall–Kier alpha value is -1.81. The number of aliphatic hydroxyl groups excluding tert-OH is 1. The number of aliphatic hydroxyl groups is 1. The summed E-state index contributed by atoms with van der Waals surface area (Å²) >= 11 is 0. The summed E-state index contributed by atoms with van der Waals surface area (Å²) in [4.78, 5) is 12.1. The van der Waals surface area contributed by atoms with Crippen LogP contribution in [0.1, 0.15) is 44.0 Å². The highest BCUT2D eigenvalue weighted by molar-refractivity contribution is 5.24. The summed E-state index contributed by atoms with van der Waals surface area (Å²) in [5, 5.41) is 10.2. The smallest absolute Gasteiger partial charge is 0.328 e. The van der Waals surface area contributed by atoms with Crippen molar-refractivity contribution < 1.29 is 5.11 Å². The highest BCUT2D eigenvalue weighted by Gasteiger charge is 2.12. The van der Waals surface area contributed by atoms with Crippen LogP contribution >= 0.6 is 0 Å². The summed E-state index contributed by atoms with van der Waals surface area (Å²) in [5.74, 6) is 0. The van der Waals surface area contributed by atoms with Gasteiger partial charge in [0, 0.05) is 18.4 Å². The second-order valence-electron chi connectivity index (χ2n) is 5.35. The summed E-state index contributed by atoms with van der Waals surface area (Å²) in [5.41, 5.74) is 2.00. The second kappa shape index (κ2) is 6.09. The van der Waals surface area contributed by atoms with Gasteiger partial charge in [-0.3, -0.25) is 9.13 Å². The van der Waals surface area contributed by atoms with E-state index >= 15 is 0 Å². The fourth-order valence-electron chi connectivity index (χ4n) is 2.23. The largest absolute Gasteiger partial charge is 0.387 e. The number of benzene rings is 1. The Morgan fingerprint density at radius 2 is 1.80 bits per heavy atom. The summed E-state index contributed by atoms with van der Waals surface area (Å²) in [6, 6.07) is 8.01. The van der Waals surface area contributed by atoms with Gasteiger partial charge in [0.1, 0.15) is 0 Å². The van der Waals surface area contributed by atoms with E-state index in [-0.39, 0.29) is 18.3 Å². The van der Waals surface area contributed by atoms with Gasteiger partial charge < -0.3 is 5.11 Å². The molecule has 2 rings (SSSR count). The maximum Gasteiger partial charge on any atom is 0.328 e. The lowest BCUT2D eigenvalue weighted by Gasteiger charge is -2.12. The zero-order valence-corrected chi connectivity index (χ0v) is 12.3. The minimum Gasteiger partial charge on any atom is -0.387 e. The lowest BCUT2D eigenvalue weighted by Crippen LogP contribution is -2.27. The Bertz CT molecular complexity index is 608. The first kappa shape index (κ1) is 14.6. The molecule has 0 bridgehead atoms. The van der Waals surface area contributed by atoms with Crippen LogP contribution in [-0.2, 0) is 13.0 Å².